The number of hydrogen-bond acceptors (Lipinski definition) is 4. The lowest BCUT2D eigenvalue weighted by Gasteiger charge is -2.14. The van der Waals surface area contributed by atoms with Crippen LogP contribution in [0.5, 0.6) is 0 Å². The molecule has 0 saturated carbocycles. The van der Waals surface area contributed by atoms with Crippen LogP contribution in [-0.4, -0.2) is 23.2 Å². The molecule has 0 atom stereocenters. The van der Waals surface area contributed by atoms with E-state index in [-0.39, 0.29) is 9.63 Å². The van der Waals surface area contributed by atoms with E-state index >= 15 is 0 Å². The van der Waals surface area contributed by atoms with E-state index in [0.717, 1.165) is 10.7 Å². The highest BCUT2D eigenvalue weighted by molar-refractivity contribution is 9.10. The van der Waals surface area contributed by atoms with Crippen LogP contribution in [0.25, 0.3) is 0 Å². The van der Waals surface area contributed by atoms with Crippen molar-refractivity contribution in [3.63, 3.8) is 0 Å². The fourth-order valence-electron chi connectivity index (χ4n) is 1.56. The van der Waals surface area contributed by atoms with Gasteiger partial charge in [-0.3, -0.25) is 9.40 Å². The summed E-state index contributed by atoms with van der Waals surface area (Å²) in [7, 11) is -2.84. The Morgan fingerprint density at radius 3 is 2.48 bits per heavy atom. The molecule has 2 rings (SSSR count). The lowest BCUT2D eigenvalue weighted by molar-refractivity contribution is -0.140. The molecule has 2 aromatic rings. The smallest absolute Gasteiger partial charge is 0.276 e. The number of rotatable bonds is 3. The van der Waals surface area contributed by atoms with Crippen LogP contribution in [0.3, 0.4) is 0 Å². The predicted molar refractivity (Wildman–Crippen MR) is 71.0 cm³/mol. The largest absolute Gasteiger partial charge is 0.435 e. The van der Waals surface area contributed by atoms with E-state index in [1.54, 1.807) is 0 Å². The molecule has 11 heteroatoms. The van der Waals surface area contributed by atoms with Gasteiger partial charge in [0, 0.05) is 7.05 Å². The first-order chi connectivity index (χ1) is 9.61. The molecule has 0 saturated heterocycles. The summed E-state index contributed by atoms with van der Waals surface area (Å²) < 4.78 is 65.7. The van der Waals surface area contributed by atoms with Crippen LogP contribution in [0.4, 0.5) is 18.9 Å². The highest BCUT2D eigenvalue weighted by atomic mass is 79.9. The van der Waals surface area contributed by atoms with Crippen molar-refractivity contribution in [3.05, 3.63) is 34.7 Å². The number of aromatic nitrogens is 3. The van der Waals surface area contributed by atoms with E-state index in [1.165, 1.54) is 25.4 Å². The lowest BCUT2D eigenvalue weighted by Crippen LogP contribution is -2.20. The van der Waals surface area contributed by atoms with Crippen molar-refractivity contribution >= 4 is 31.6 Å². The highest BCUT2D eigenvalue weighted by Gasteiger charge is 2.37. The van der Waals surface area contributed by atoms with Crippen molar-refractivity contribution < 1.29 is 21.6 Å². The first-order valence-corrected chi connectivity index (χ1v) is 7.63. The Labute approximate surface area is 126 Å². The van der Waals surface area contributed by atoms with Crippen LogP contribution >= 0.6 is 15.9 Å². The molecule has 21 heavy (non-hydrogen) atoms. The average molecular weight is 385 g/mol. The summed E-state index contributed by atoms with van der Waals surface area (Å²) in [4.78, 5) is 3.27. The Morgan fingerprint density at radius 1 is 1.29 bits per heavy atom. The van der Waals surface area contributed by atoms with E-state index < -0.39 is 27.6 Å². The zero-order valence-corrected chi connectivity index (χ0v) is 12.8. The average Bonchev–Trinajstić information content (AvgIpc) is 2.77. The van der Waals surface area contributed by atoms with Gasteiger partial charge in [-0.05, 0) is 34.1 Å². The summed E-state index contributed by atoms with van der Waals surface area (Å²) in [5.74, 6) is 0. The highest BCUT2D eigenvalue weighted by Crippen LogP contribution is 2.35. The fraction of sp³-hybridized carbons (Fsp3) is 0.200. The second kappa shape index (κ2) is 5.30. The second-order valence-corrected chi connectivity index (χ2v) is 6.37. The molecule has 0 unspecified atom stereocenters. The molecular weight excluding hydrogens is 377 g/mol. The molecular formula is C10H8BrF3N4O2S. The van der Waals surface area contributed by atoms with Crippen LogP contribution in [0, 0.1) is 0 Å². The van der Waals surface area contributed by atoms with Crippen molar-refractivity contribution in [1.82, 2.24) is 14.8 Å². The summed E-state index contributed by atoms with van der Waals surface area (Å²) in [5.41, 5.74) is -1.99. The van der Waals surface area contributed by atoms with Crippen molar-refractivity contribution in [2.75, 3.05) is 4.72 Å². The fourth-order valence-corrected chi connectivity index (χ4v) is 3.06. The quantitative estimate of drug-likeness (QED) is 0.824. The molecule has 0 spiro atoms. The van der Waals surface area contributed by atoms with Crippen molar-refractivity contribution in [1.29, 1.82) is 0 Å². The maximum Gasteiger partial charge on any atom is 0.435 e. The van der Waals surface area contributed by atoms with Gasteiger partial charge in [0.2, 0.25) is 0 Å². The zero-order valence-electron chi connectivity index (χ0n) is 10.4. The summed E-state index contributed by atoms with van der Waals surface area (Å²) in [6, 6.07) is 3.35. The van der Waals surface area contributed by atoms with Gasteiger partial charge >= 0.3 is 6.18 Å². The van der Waals surface area contributed by atoms with Gasteiger partial charge in [-0.2, -0.15) is 26.7 Å². The number of nitrogens with zero attached hydrogens (tertiary/aromatic N) is 3. The monoisotopic (exact) mass is 384 g/mol. The Morgan fingerprint density at radius 2 is 1.95 bits per heavy atom. The molecule has 0 radical (unpaired) electrons. The van der Waals surface area contributed by atoms with Crippen molar-refractivity contribution in [3.8, 4) is 0 Å². The van der Waals surface area contributed by atoms with E-state index in [9.17, 15) is 21.6 Å². The number of pyridine rings is 1. The topological polar surface area (TPSA) is 76.9 Å². The summed E-state index contributed by atoms with van der Waals surface area (Å²) in [6.45, 7) is 0. The van der Waals surface area contributed by atoms with E-state index in [4.69, 9.17) is 0 Å². The molecule has 1 N–H and O–H groups in total. The lowest BCUT2D eigenvalue weighted by atomic mass is 10.3. The summed E-state index contributed by atoms with van der Waals surface area (Å²) in [5, 5.41) is 3.40. The molecule has 0 fully saturated rings. The number of anilines is 1. The molecule has 2 aromatic heterocycles. The Kier molecular flexibility index (Phi) is 3.97. The molecule has 2 heterocycles. The number of hydrogen-bond donors (Lipinski definition) is 1. The van der Waals surface area contributed by atoms with Crippen molar-refractivity contribution in [2.24, 2.45) is 7.05 Å². The third-order valence-electron chi connectivity index (χ3n) is 2.43. The molecule has 6 nitrogen and oxygen atoms in total. The SMILES string of the molecule is Cn1nccc1S(=O)(=O)Nc1ccc(Br)nc1C(F)(F)F. The van der Waals surface area contributed by atoms with Gasteiger partial charge in [-0.1, -0.05) is 0 Å². The predicted octanol–water partition coefficient (Wildman–Crippen LogP) is 2.40. The standard InChI is InChI=1S/C10H8BrF3N4O2S/c1-18-8(4-5-15-18)21(19,20)17-6-2-3-7(11)16-9(6)10(12,13)14/h2-5,17H,1H3. The van der Waals surface area contributed by atoms with Crippen molar-refractivity contribution in [2.45, 2.75) is 11.2 Å². The van der Waals surface area contributed by atoms with Gasteiger partial charge in [0.25, 0.3) is 10.0 Å². The number of nitrogens with one attached hydrogen (secondary N) is 1. The molecule has 0 aliphatic carbocycles. The minimum Gasteiger partial charge on any atom is -0.276 e. The van der Waals surface area contributed by atoms with Gasteiger partial charge in [0.1, 0.15) is 4.60 Å². The summed E-state index contributed by atoms with van der Waals surface area (Å²) >= 11 is 2.82. The van der Waals surface area contributed by atoms with Crippen LogP contribution in [-0.2, 0) is 23.2 Å². The maximum absolute atomic E-state index is 12.9. The van der Waals surface area contributed by atoms with Gasteiger partial charge < -0.3 is 0 Å². The second-order valence-electron chi connectivity index (χ2n) is 3.93. The molecule has 114 valence electrons. The molecule has 0 aliphatic heterocycles. The molecule has 0 aliphatic rings. The van der Waals surface area contributed by atoms with Gasteiger partial charge in [-0.25, -0.2) is 4.98 Å². The first-order valence-electron chi connectivity index (χ1n) is 5.36. The van der Waals surface area contributed by atoms with Crippen LogP contribution in [0.1, 0.15) is 5.69 Å². The number of sulfonamides is 1. The van der Waals surface area contributed by atoms with Gasteiger partial charge in [0.15, 0.2) is 10.7 Å². The minimum atomic E-state index is -4.80. The van der Waals surface area contributed by atoms with Gasteiger partial charge in [0.05, 0.1) is 11.9 Å². The number of halogens is 4. The molecule has 0 bridgehead atoms. The van der Waals surface area contributed by atoms with Crippen LogP contribution in [0.2, 0.25) is 0 Å². The van der Waals surface area contributed by atoms with E-state index in [1.807, 2.05) is 4.72 Å². The maximum atomic E-state index is 12.9. The third kappa shape index (κ3) is 3.35. The first kappa shape index (κ1) is 15.8. The molecule has 0 amide bonds. The third-order valence-corrected chi connectivity index (χ3v) is 4.31. The van der Waals surface area contributed by atoms with E-state index in [2.05, 4.69) is 26.0 Å². The van der Waals surface area contributed by atoms with Gasteiger partial charge in [-0.15, -0.1) is 0 Å². The Bertz CT molecular complexity index is 773. The number of aryl methyl sites for hydroxylation is 1. The molecule has 0 aromatic carbocycles. The minimum absolute atomic E-state index is 0.0571. The Balaban J connectivity index is 2.48. The summed E-state index contributed by atoms with van der Waals surface area (Å²) in [6.07, 6.45) is -3.58. The zero-order chi connectivity index (χ0) is 15.8. The van der Waals surface area contributed by atoms with Crippen LogP contribution in [0.15, 0.2) is 34.0 Å². The van der Waals surface area contributed by atoms with Crippen LogP contribution < -0.4 is 4.72 Å². The Hall–Kier alpha value is -1.62. The van der Waals surface area contributed by atoms with E-state index in [0.29, 0.717) is 0 Å². The number of alkyl halides is 3. The normalized spacial score (nSPS) is 12.4.